The highest BCUT2D eigenvalue weighted by molar-refractivity contribution is 7.89. The molecule has 0 unspecified atom stereocenters. The molecule has 0 saturated heterocycles. The molecule has 2 rings (SSSR count). The number of carbonyl (C=O) groups excluding carboxylic acids is 2. The molecule has 0 spiro atoms. The molecule has 29 heavy (non-hydrogen) atoms. The van der Waals surface area contributed by atoms with Gasteiger partial charge < -0.3 is 10.6 Å². The molecule has 0 fully saturated rings. The van der Waals surface area contributed by atoms with Crippen molar-refractivity contribution >= 4 is 21.8 Å². The minimum absolute atomic E-state index is 0.188. The predicted molar refractivity (Wildman–Crippen MR) is 112 cm³/mol. The van der Waals surface area contributed by atoms with Gasteiger partial charge in [-0.05, 0) is 50.5 Å². The molecule has 156 valence electrons. The van der Waals surface area contributed by atoms with E-state index in [4.69, 9.17) is 0 Å². The van der Waals surface area contributed by atoms with Gasteiger partial charge in [0.1, 0.15) is 0 Å². The third kappa shape index (κ3) is 6.99. The smallest absolute Gasteiger partial charge is 0.309 e. The number of carbonyl (C=O) groups is 2. The van der Waals surface area contributed by atoms with E-state index in [1.165, 1.54) is 12.1 Å². The van der Waals surface area contributed by atoms with Gasteiger partial charge in [-0.2, -0.15) is 0 Å². The van der Waals surface area contributed by atoms with Crippen LogP contribution >= 0.6 is 0 Å². The third-order valence-electron chi connectivity index (χ3n) is 4.18. The minimum atomic E-state index is -3.53. The molecule has 2 aromatic carbocycles. The van der Waals surface area contributed by atoms with E-state index in [1.807, 2.05) is 37.3 Å². The Morgan fingerprint density at radius 1 is 0.897 bits per heavy atom. The van der Waals surface area contributed by atoms with Crippen molar-refractivity contribution in [1.29, 1.82) is 0 Å². The zero-order valence-electron chi connectivity index (χ0n) is 16.8. The van der Waals surface area contributed by atoms with Crippen molar-refractivity contribution in [3.8, 4) is 0 Å². The Bertz CT molecular complexity index is 926. The highest BCUT2D eigenvalue weighted by Gasteiger charge is 2.17. The molecule has 0 radical (unpaired) electrons. The summed E-state index contributed by atoms with van der Waals surface area (Å²) in [6.45, 7) is 5.59. The lowest BCUT2D eigenvalue weighted by molar-refractivity contribution is -0.139. The number of sulfonamides is 1. The standard InChI is InChI=1S/C21H27N3O4S/c1-15(2)24-29(27,28)19-11-9-17(10-12-19)13-14-22-20(25)21(26)23-16(3)18-7-5-4-6-8-18/h4-12,15-16,24H,13-14H2,1-3H3,(H,22,25)(H,23,26)/t16-/m1/s1. The van der Waals surface area contributed by atoms with Crippen molar-refractivity contribution in [3.63, 3.8) is 0 Å². The average molecular weight is 418 g/mol. The molecule has 0 bridgehead atoms. The molecule has 3 N–H and O–H groups in total. The molecule has 0 heterocycles. The van der Waals surface area contributed by atoms with Gasteiger partial charge in [0.15, 0.2) is 0 Å². The maximum absolute atomic E-state index is 12.1. The summed E-state index contributed by atoms with van der Waals surface area (Å²) in [4.78, 5) is 24.2. The summed E-state index contributed by atoms with van der Waals surface area (Å²) >= 11 is 0. The van der Waals surface area contributed by atoms with Crippen LogP contribution in [0.3, 0.4) is 0 Å². The lowest BCUT2D eigenvalue weighted by atomic mass is 10.1. The van der Waals surface area contributed by atoms with Crippen molar-refractivity contribution < 1.29 is 18.0 Å². The fourth-order valence-corrected chi connectivity index (χ4v) is 3.95. The Hall–Kier alpha value is -2.71. The van der Waals surface area contributed by atoms with Crippen molar-refractivity contribution in [1.82, 2.24) is 15.4 Å². The van der Waals surface area contributed by atoms with E-state index in [-0.39, 0.29) is 23.5 Å². The van der Waals surface area contributed by atoms with Crippen molar-refractivity contribution in [3.05, 3.63) is 65.7 Å². The molecule has 0 aliphatic carbocycles. The molecule has 1 atom stereocenters. The van der Waals surface area contributed by atoms with E-state index >= 15 is 0 Å². The second-order valence-electron chi connectivity index (χ2n) is 7.03. The first kappa shape index (κ1) is 22.6. The molecule has 2 amide bonds. The lowest BCUT2D eigenvalue weighted by Gasteiger charge is -2.14. The van der Waals surface area contributed by atoms with Crippen LogP contribution < -0.4 is 15.4 Å². The van der Waals surface area contributed by atoms with Crippen LogP contribution in [0.4, 0.5) is 0 Å². The summed E-state index contributed by atoms with van der Waals surface area (Å²) < 4.78 is 26.7. The normalized spacial score (nSPS) is 12.4. The van der Waals surface area contributed by atoms with E-state index in [1.54, 1.807) is 26.0 Å². The zero-order chi connectivity index (χ0) is 21.4. The minimum Gasteiger partial charge on any atom is -0.348 e. The van der Waals surface area contributed by atoms with Crippen LogP contribution in [0, 0.1) is 0 Å². The number of hydrogen-bond donors (Lipinski definition) is 3. The first-order valence-electron chi connectivity index (χ1n) is 9.44. The van der Waals surface area contributed by atoms with E-state index in [2.05, 4.69) is 15.4 Å². The Kier molecular flexibility index (Phi) is 7.92. The second kappa shape index (κ2) is 10.2. The van der Waals surface area contributed by atoms with Gasteiger partial charge in [0.2, 0.25) is 10.0 Å². The third-order valence-corrected chi connectivity index (χ3v) is 5.85. The largest absolute Gasteiger partial charge is 0.348 e. The highest BCUT2D eigenvalue weighted by atomic mass is 32.2. The van der Waals surface area contributed by atoms with Gasteiger partial charge in [0, 0.05) is 12.6 Å². The quantitative estimate of drug-likeness (QED) is 0.571. The molecule has 0 saturated carbocycles. The zero-order valence-corrected chi connectivity index (χ0v) is 17.6. The van der Waals surface area contributed by atoms with Gasteiger partial charge in [-0.3, -0.25) is 9.59 Å². The molecule has 0 aliphatic heterocycles. The van der Waals surface area contributed by atoms with E-state index in [0.717, 1.165) is 11.1 Å². The summed E-state index contributed by atoms with van der Waals surface area (Å²) in [6.07, 6.45) is 0.477. The van der Waals surface area contributed by atoms with Gasteiger partial charge in [-0.1, -0.05) is 42.5 Å². The first-order valence-corrected chi connectivity index (χ1v) is 10.9. The van der Waals surface area contributed by atoms with Crippen molar-refractivity contribution in [2.24, 2.45) is 0 Å². The fourth-order valence-electron chi connectivity index (χ4n) is 2.70. The Labute approximate surface area is 172 Å². The van der Waals surface area contributed by atoms with Crippen LogP contribution in [-0.4, -0.2) is 32.8 Å². The maximum Gasteiger partial charge on any atom is 0.309 e. The fraction of sp³-hybridized carbons (Fsp3) is 0.333. The number of hydrogen-bond acceptors (Lipinski definition) is 4. The van der Waals surface area contributed by atoms with Crippen molar-refractivity contribution in [2.75, 3.05) is 6.54 Å². The number of nitrogens with one attached hydrogen (secondary N) is 3. The Morgan fingerprint density at radius 2 is 1.52 bits per heavy atom. The summed E-state index contributed by atoms with van der Waals surface area (Å²) in [5.74, 6) is -1.39. The molecule has 2 aromatic rings. The average Bonchev–Trinajstić information content (AvgIpc) is 2.68. The van der Waals surface area contributed by atoms with E-state index in [9.17, 15) is 18.0 Å². The van der Waals surface area contributed by atoms with Crippen LogP contribution in [0.2, 0.25) is 0 Å². The lowest BCUT2D eigenvalue weighted by Crippen LogP contribution is -2.41. The van der Waals surface area contributed by atoms with Gasteiger partial charge in [-0.25, -0.2) is 13.1 Å². The molecule has 0 aromatic heterocycles. The van der Waals surface area contributed by atoms with Crippen LogP contribution in [0.25, 0.3) is 0 Å². The Morgan fingerprint density at radius 3 is 2.10 bits per heavy atom. The van der Waals surface area contributed by atoms with Crippen LogP contribution in [-0.2, 0) is 26.0 Å². The first-order chi connectivity index (χ1) is 13.7. The molecule has 8 heteroatoms. The van der Waals surface area contributed by atoms with Crippen LogP contribution in [0.1, 0.15) is 37.9 Å². The van der Waals surface area contributed by atoms with Gasteiger partial charge in [0.25, 0.3) is 0 Å². The van der Waals surface area contributed by atoms with Crippen LogP contribution in [0.15, 0.2) is 59.5 Å². The van der Waals surface area contributed by atoms with E-state index in [0.29, 0.717) is 6.42 Å². The molecule has 0 aliphatic rings. The van der Waals surface area contributed by atoms with Gasteiger partial charge in [0.05, 0.1) is 10.9 Å². The number of rotatable bonds is 8. The van der Waals surface area contributed by atoms with E-state index < -0.39 is 21.8 Å². The predicted octanol–water partition coefficient (Wildman–Crippen LogP) is 1.91. The monoisotopic (exact) mass is 417 g/mol. The maximum atomic E-state index is 12.1. The number of benzene rings is 2. The number of amides is 2. The molecular formula is C21H27N3O4S. The highest BCUT2D eigenvalue weighted by Crippen LogP contribution is 2.12. The van der Waals surface area contributed by atoms with Gasteiger partial charge in [-0.15, -0.1) is 0 Å². The summed E-state index contributed by atoms with van der Waals surface area (Å²) in [7, 11) is -3.53. The van der Waals surface area contributed by atoms with Crippen molar-refractivity contribution in [2.45, 2.75) is 44.2 Å². The topological polar surface area (TPSA) is 104 Å². The SMILES string of the molecule is CC(C)NS(=O)(=O)c1ccc(CCNC(=O)C(=O)N[C@H](C)c2ccccc2)cc1. The summed E-state index contributed by atoms with van der Waals surface area (Å²) in [6, 6.07) is 15.3. The second-order valence-corrected chi connectivity index (χ2v) is 8.75. The van der Waals surface area contributed by atoms with Gasteiger partial charge >= 0.3 is 11.8 Å². The Balaban J connectivity index is 1.81. The summed E-state index contributed by atoms with van der Waals surface area (Å²) in [5.41, 5.74) is 1.77. The molecule has 7 nitrogen and oxygen atoms in total. The van der Waals surface area contributed by atoms with Crippen LogP contribution in [0.5, 0.6) is 0 Å². The molecular weight excluding hydrogens is 390 g/mol. The summed E-state index contributed by atoms with van der Waals surface area (Å²) in [5, 5.41) is 5.24.